The van der Waals surface area contributed by atoms with Crippen molar-refractivity contribution in [3.05, 3.63) is 41.2 Å². The second kappa shape index (κ2) is 5.72. The first-order valence-corrected chi connectivity index (χ1v) is 7.79. The van der Waals surface area contributed by atoms with E-state index in [1.807, 2.05) is 52.0 Å². The van der Waals surface area contributed by atoms with Gasteiger partial charge in [-0.25, -0.2) is 4.98 Å². The molecule has 1 atom stereocenters. The standard InChI is InChI=1S/C15H17ClN2OS/c1-10(18-20(19)15(2,3)4)11-5-6-12-9-17-14(16)8-13(12)7-11/h5-9H,1-4H3/b18-10+. The molecule has 0 N–H and O–H groups in total. The molecule has 1 heterocycles. The van der Waals surface area contributed by atoms with Crippen molar-refractivity contribution >= 4 is 39.4 Å². The van der Waals surface area contributed by atoms with Crippen molar-refractivity contribution in [1.82, 2.24) is 4.98 Å². The lowest BCUT2D eigenvalue weighted by Crippen LogP contribution is -2.26. The molecule has 106 valence electrons. The topological polar surface area (TPSA) is 48.3 Å². The Kier molecular flexibility index (Phi) is 4.37. The van der Waals surface area contributed by atoms with Gasteiger partial charge in [-0.1, -0.05) is 28.1 Å². The molecule has 0 saturated heterocycles. The number of hydrogen-bond acceptors (Lipinski definition) is 3. The quantitative estimate of drug-likeness (QED) is 0.475. The number of rotatable bonds is 2. The highest BCUT2D eigenvalue weighted by atomic mass is 35.5. The molecule has 0 aliphatic carbocycles. The van der Waals surface area contributed by atoms with Crippen LogP contribution in [0.25, 0.3) is 10.8 Å². The average Bonchev–Trinajstić information content (AvgIpc) is 2.36. The van der Waals surface area contributed by atoms with Gasteiger partial charge < -0.3 is 4.55 Å². The monoisotopic (exact) mass is 308 g/mol. The number of pyridine rings is 1. The summed E-state index contributed by atoms with van der Waals surface area (Å²) < 4.78 is 16.0. The Hall–Kier alpha value is -1.10. The van der Waals surface area contributed by atoms with Crippen LogP contribution in [0.2, 0.25) is 5.15 Å². The Labute approximate surface area is 127 Å². The zero-order chi connectivity index (χ0) is 14.9. The van der Waals surface area contributed by atoms with E-state index < -0.39 is 11.4 Å². The number of hydrogen-bond donors (Lipinski definition) is 0. The van der Waals surface area contributed by atoms with E-state index in [-0.39, 0.29) is 4.75 Å². The van der Waals surface area contributed by atoms with Gasteiger partial charge in [-0.2, -0.15) is 0 Å². The third kappa shape index (κ3) is 3.51. The molecule has 1 unspecified atom stereocenters. The van der Waals surface area contributed by atoms with Crippen molar-refractivity contribution in [2.45, 2.75) is 32.4 Å². The molecule has 0 bridgehead atoms. The van der Waals surface area contributed by atoms with Gasteiger partial charge >= 0.3 is 0 Å². The van der Waals surface area contributed by atoms with Crippen molar-refractivity contribution in [3.63, 3.8) is 0 Å². The van der Waals surface area contributed by atoms with Crippen molar-refractivity contribution in [3.8, 4) is 0 Å². The number of benzene rings is 1. The predicted octanol–water partition coefficient (Wildman–Crippen LogP) is 4.16. The largest absolute Gasteiger partial charge is 0.591 e. The van der Waals surface area contributed by atoms with E-state index >= 15 is 0 Å². The van der Waals surface area contributed by atoms with Gasteiger partial charge in [0.15, 0.2) is 0 Å². The maximum atomic E-state index is 12.1. The van der Waals surface area contributed by atoms with Gasteiger partial charge in [0.05, 0.1) is 5.71 Å². The van der Waals surface area contributed by atoms with Crippen LogP contribution in [-0.4, -0.2) is 20.0 Å². The van der Waals surface area contributed by atoms with Crippen LogP contribution in [0.5, 0.6) is 0 Å². The second-order valence-corrected chi connectivity index (χ2v) is 7.90. The molecule has 2 rings (SSSR count). The molecule has 0 spiro atoms. The fourth-order valence-corrected chi connectivity index (χ4v) is 2.45. The maximum absolute atomic E-state index is 12.1. The van der Waals surface area contributed by atoms with Crippen molar-refractivity contribution in [2.75, 3.05) is 0 Å². The summed E-state index contributed by atoms with van der Waals surface area (Å²) in [6.07, 6.45) is 1.74. The van der Waals surface area contributed by atoms with Crippen LogP contribution in [0.1, 0.15) is 33.3 Å². The minimum Gasteiger partial charge on any atom is -0.591 e. The highest BCUT2D eigenvalue weighted by molar-refractivity contribution is 7.91. The fraction of sp³-hybridized carbons (Fsp3) is 0.333. The molecule has 0 radical (unpaired) electrons. The Morgan fingerprint density at radius 2 is 1.95 bits per heavy atom. The maximum Gasteiger partial charge on any atom is 0.144 e. The zero-order valence-corrected chi connectivity index (χ0v) is 13.5. The molecule has 3 nitrogen and oxygen atoms in total. The molecule has 0 fully saturated rings. The molecule has 5 heteroatoms. The molecular weight excluding hydrogens is 292 g/mol. The van der Waals surface area contributed by atoms with E-state index in [4.69, 9.17) is 11.6 Å². The highest BCUT2D eigenvalue weighted by Gasteiger charge is 2.26. The van der Waals surface area contributed by atoms with Crippen LogP contribution < -0.4 is 0 Å². The average molecular weight is 309 g/mol. The van der Waals surface area contributed by atoms with Gasteiger partial charge in [0.25, 0.3) is 0 Å². The number of halogens is 1. The van der Waals surface area contributed by atoms with Gasteiger partial charge in [-0.05, 0) is 45.2 Å². The summed E-state index contributed by atoms with van der Waals surface area (Å²) in [5, 5.41) is 2.48. The van der Waals surface area contributed by atoms with Gasteiger partial charge in [0.2, 0.25) is 0 Å². The molecule has 2 aromatic rings. The molecule has 0 amide bonds. The smallest absolute Gasteiger partial charge is 0.144 e. The Morgan fingerprint density at radius 1 is 1.25 bits per heavy atom. The van der Waals surface area contributed by atoms with Gasteiger partial charge in [-0.15, -0.1) is 0 Å². The minimum atomic E-state index is -1.26. The Bertz CT molecular complexity index is 664. The van der Waals surface area contributed by atoms with Crippen molar-refractivity contribution in [2.24, 2.45) is 4.40 Å². The number of nitrogens with zero attached hydrogens (tertiary/aromatic N) is 2. The van der Waals surface area contributed by atoms with Crippen LogP contribution in [0.4, 0.5) is 0 Å². The first-order chi connectivity index (χ1) is 9.27. The molecule has 1 aromatic carbocycles. The van der Waals surface area contributed by atoms with E-state index in [2.05, 4.69) is 9.38 Å². The van der Waals surface area contributed by atoms with E-state index in [1.165, 1.54) is 0 Å². The van der Waals surface area contributed by atoms with Gasteiger partial charge in [-0.3, -0.25) is 0 Å². The summed E-state index contributed by atoms with van der Waals surface area (Å²) in [5.74, 6) is 0. The number of fused-ring (bicyclic) bond motifs is 1. The summed E-state index contributed by atoms with van der Waals surface area (Å²) in [6, 6.07) is 7.72. The SMILES string of the molecule is C/C(=N\[S+]([O-])C(C)(C)C)c1ccc2cnc(Cl)cc2c1. The van der Waals surface area contributed by atoms with E-state index in [0.717, 1.165) is 22.0 Å². The summed E-state index contributed by atoms with van der Waals surface area (Å²) in [5.41, 5.74) is 1.70. The summed E-state index contributed by atoms with van der Waals surface area (Å²) in [7, 11) is 0. The molecule has 20 heavy (non-hydrogen) atoms. The van der Waals surface area contributed by atoms with Crippen LogP contribution in [0.3, 0.4) is 0 Å². The molecule has 1 aromatic heterocycles. The van der Waals surface area contributed by atoms with Gasteiger partial charge in [0.1, 0.15) is 21.3 Å². The Balaban J connectivity index is 2.40. The summed E-state index contributed by atoms with van der Waals surface area (Å²) in [4.78, 5) is 4.05. The molecular formula is C15H17ClN2OS. The molecule has 0 saturated carbocycles. The minimum absolute atomic E-state index is 0.356. The van der Waals surface area contributed by atoms with Crippen LogP contribution >= 0.6 is 11.6 Å². The summed E-state index contributed by atoms with van der Waals surface area (Å²) in [6.45, 7) is 7.59. The highest BCUT2D eigenvalue weighted by Crippen LogP contribution is 2.21. The second-order valence-electron chi connectivity index (χ2n) is 5.61. The van der Waals surface area contributed by atoms with Crippen LogP contribution in [-0.2, 0) is 11.4 Å². The molecule has 0 aliphatic heterocycles. The normalized spacial score (nSPS) is 14.6. The lowest BCUT2D eigenvalue weighted by molar-refractivity contribution is 0.561. The van der Waals surface area contributed by atoms with Crippen LogP contribution in [0.15, 0.2) is 34.9 Å². The lowest BCUT2D eigenvalue weighted by Gasteiger charge is -2.18. The predicted molar refractivity (Wildman–Crippen MR) is 86.9 cm³/mol. The Morgan fingerprint density at radius 3 is 2.60 bits per heavy atom. The zero-order valence-electron chi connectivity index (χ0n) is 12.0. The summed E-state index contributed by atoms with van der Waals surface area (Å²) >= 11 is 4.65. The fourth-order valence-electron chi connectivity index (χ4n) is 1.65. The van der Waals surface area contributed by atoms with E-state index in [0.29, 0.717) is 5.15 Å². The van der Waals surface area contributed by atoms with Crippen molar-refractivity contribution in [1.29, 1.82) is 0 Å². The van der Waals surface area contributed by atoms with Crippen molar-refractivity contribution < 1.29 is 4.55 Å². The third-order valence-corrected chi connectivity index (χ3v) is 4.54. The van der Waals surface area contributed by atoms with Crippen LogP contribution in [0, 0.1) is 0 Å². The van der Waals surface area contributed by atoms with Gasteiger partial charge in [0, 0.05) is 17.1 Å². The van der Waals surface area contributed by atoms with E-state index in [9.17, 15) is 4.55 Å². The first-order valence-electron chi connectivity index (χ1n) is 6.30. The number of aromatic nitrogens is 1. The third-order valence-electron chi connectivity index (χ3n) is 2.85. The lowest BCUT2D eigenvalue weighted by atomic mass is 10.1. The molecule has 0 aliphatic rings. The first kappa shape index (κ1) is 15.3. The van der Waals surface area contributed by atoms with E-state index in [1.54, 1.807) is 6.20 Å².